The predicted octanol–water partition coefficient (Wildman–Crippen LogP) is -4.53. The zero-order chi connectivity index (χ0) is 17.0. The lowest BCUT2D eigenvalue weighted by molar-refractivity contribution is -0.308. The molecular formula is C12H22O10. The highest BCUT2D eigenvalue weighted by molar-refractivity contribution is 5.57. The van der Waals surface area contributed by atoms with Crippen LogP contribution in [0.15, 0.2) is 0 Å². The first-order chi connectivity index (χ1) is 10.2. The van der Waals surface area contributed by atoms with Gasteiger partial charge in [0.05, 0.1) is 12.7 Å². The fourth-order valence-corrected chi connectivity index (χ4v) is 2.00. The summed E-state index contributed by atoms with van der Waals surface area (Å²) in [5, 5.41) is 66.1. The van der Waals surface area contributed by atoms with Gasteiger partial charge in [0.25, 0.3) is 0 Å². The van der Waals surface area contributed by atoms with E-state index in [1.807, 2.05) is 0 Å². The van der Waals surface area contributed by atoms with Gasteiger partial charge in [-0.05, 0) is 6.92 Å². The number of carbonyl (C=O) groups excluding carboxylic acids is 1. The Labute approximate surface area is 126 Å². The Balaban J connectivity index is 2.75. The first-order valence-corrected chi connectivity index (χ1v) is 6.70. The van der Waals surface area contributed by atoms with Crippen molar-refractivity contribution in [2.45, 2.75) is 62.0 Å². The summed E-state index contributed by atoms with van der Waals surface area (Å²) in [5.74, 6) is 0. The summed E-state index contributed by atoms with van der Waals surface area (Å²) in [7, 11) is 0. The molecule has 7 N–H and O–H groups in total. The molecule has 1 unspecified atom stereocenters. The number of rotatable bonds is 7. The number of aliphatic hydroxyl groups excluding tert-OH is 7. The van der Waals surface area contributed by atoms with Crippen molar-refractivity contribution in [3.63, 3.8) is 0 Å². The Morgan fingerprint density at radius 1 is 1.09 bits per heavy atom. The van der Waals surface area contributed by atoms with Crippen molar-refractivity contribution in [1.29, 1.82) is 0 Å². The topological polar surface area (TPSA) is 177 Å². The molecular weight excluding hydrogens is 304 g/mol. The third kappa shape index (κ3) is 4.19. The summed E-state index contributed by atoms with van der Waals surface area (Å²) >= 11 is 0. The zero-order valence-corrected chi connectivity index (χ0v) is 11.8. The monoisotopic (exact) mass is 326 g/mol. The van der Waals surface area contributed by atoms with Crippen LogP contribution in [-0.4, -0.2) is 104 Å². The average molecular weight is 326 g/mol. The second kappa shape index (κ2) is 8.24. The van der Waals surface area contributed by atoms with Crippen molar-refractivity contribution in [2.24, 2.45) is 0 Å². The minimum absolute atomic E-state index is 0.107. The quantitative estimate of drug-likeness (QED) is 0.225. The van der Waals surface area contributed by atoms with Crippen LogP contribution in [0.4, 0.5) is 0 Å². The van der Waals surface area contributed by atoms with Crippen LogP contribution in [0.1, 0.15) is 6.92 Å². The molecule has 1 aliphatic rings. The van der Waals surface area contributed by atoms with Gasteiger partial charge in [-0.25, -0.2) is 0 Å². The van der Waals surface area contributed by atoms with Crippen LogP contribution in [0, 0.1) is 0 Å². The van der Waals surface area contributed by atoms with Gasteiger partial charge in [0.2, 0.25) is 0 Å². The summed E-state index contributed by atoms with van der Waals surface area (Å²) in [6.45, 7) is 0.543. The predicted molar refractivity (Wildman–Crippen MR) is 68.4 cm³/mol. The van der Waals surface area contributed by atoms with E-state index >= 15 is 0 Å². The van der Waals surface area contributed by atoms with Crippen LogP contribution in [-0.2, 0) is 14.3 Å². The van der Waals surface area contributed by atoms with E-state index in [0.29, 0.717) is 0 Å². The molecule has 0 aromatic carbocycles. The Kier molecular flexibility index (Phi) is 7.25. The number of aldehydes is 1. The molecule has 1 saturated heterocycles. The third-order valence-electron chi connectivity index (χ3n) is 3.50. The lowest BCUT2D eigenvalue weighted by atomic mass is 9.99. The Bertz CT molecular complexity index is 353. The summed E-state index contributed by atoms with van der Waals surface area (Å²) < 4.78 is 10.1. The van der Waals surface area contributed by atoms with E-state index < -0.39 is 61.7 Å². The van der Waals surface area contributed by atoms with Gasteiger partial charge in [-0.15, -0.1) is 0 Å². The van der Waals surface area contributed by atoms with Gasteiger partial charge in [-0.1, -0.05) is 0 Å². The number of hydrogen-bond donors (Lipinski definition) is 7. The third-order valence-corrected chi connectivity index (χ3v) is 3.50. The molecule has 10 nitrogen and oxygen atoms in total. The number of hydrogen-bond acceptors (Lipinski definition) is 10. The van der Waals surface area contributed by atoms with E-state index in [1.165, 1.54) is 6.92 Å². The molecule has 1 fully saturated rings. The fourth-order valence-electron chi connectivity index (χ4n) is 2.00. The van der Waals surface area contributed by atoms with Crippen LogP contribution in [0.2, 0.25) is 0 Å². The highest BCUT2D eigenvalue weighted by Crippen LogP contribution is 2.23. The molecule has 0 amide bonds. The van der Waals surface area contributed by atoms with Crippen LogP contribution in [0.25, 0.3) is 0 Å². The van der Waals surface area contributed by atoms with Gasteiger partial charge in [0, 0.05) is 0 Å². The zero-order valence-electron chi connectivity index (χ0n) is 11.8. The summed E-state index contributed by atoms with van der Waals surface area (Å²) in [5.41, 5.74) is 0. The SMILES string of the molecule is C[C@@H]1O[C@@H](O[C@@H](C=O)[C@@H](O)[C@@H](O)[C@H](O)CO)C(O)[C@H](O)[C@@H]1O. The van der Waals surface area contributed by atoms with Gasteiger partial charge in [0.1, 0.15) is 42.7 Å². The van der Waals surface area contributed by atoms with Crippen LogP contribution in [0.5, 0.6) is 0 Å². The first-order valence-electron chi connectivity index (χ1n) is 6.70. The maximum Gasteiger partial charge on any atom is 0.187 e. The molecule has 0 bridgehead atoms. The van der Waals surface area contributed by atoms with Crippen LogP contribution in [0.3, 0.4) is 0 Å². The van der Waals surface area contributed by atoms with Gasteiger partial charge in [-0.2, -0.15) is 0 Å². The second-order valence-electron chi connectivity index (χ2n) is 5.15. The molecule has 0 aromatic heterocycles. The van der Waals surface area contributed by atoms with E-state index in [9.17, 15) is 35.4 Å². The van der Waals surface area contributed by atoms with Crippen molar-refractivity contribution in [2.75, 3.05) is 6.61 Å². The highest BCUT2D eigenvalue weighted by atomic mass is 16.7. The molecule has 1 rings (SSSR count). The van der Waals surface area contributed by atoms with E-state index in [4.69, 9.17) is 14.6 Å². The molecule has 1 heterocycles. The van der Waals surface area contributed by atoms with Gasteiger partial charge in [-0.3, -0.25) is 0 Å². The van der Waals surface area contributed by atoms with E-state index in [1.54, 1.807) is 0 Å². The Hall–Kier alpha value is -0.690. The van der Waals surface area contributed by atoms with Gasteiger partial charge < -0.3 is 50.0 Å². The van der Waals surface area contributed by atoms with Crippen LogP contribution < -0.4 is 0 Å². The number of carbonyl (C=O) groups is 1. The summed E-state index contributed by atoms with van der Waals surface area (Å²) in [6, 6.07) is 0. The van der Waals surface area contributed by atoms with Gasteiger partial charge in [0.15, 0.2) is 12.6 Å². The molecule has 10 heteroatoms. The minimum Gasteiger partial charge on any atom is -0.394 e. The van der Waals surface area contributed by atoms with E-state index in [0.717, 1.165) is 0 Å². The smallest absolute Gasteiger partial charge is 0.187 e. The molecule has 1 aliphatic heterocycles. The first kappa shape index (κ1) is 19.4. The molecule has 9 atom stereocenters. The molecule has 0 aromatic rings. The lowest BCUT2D eigenvalue weighted by Crippen LogP contribution is -2.59. The van der Waals surface area contributed by atoms with Gasteiger partial charge >= 0.3 is 0 Å². The molecule has 22 heavy (non-hydrogen) atoms. The normalized spacial score (nSPS) is 38.1. The van der Waals surface area contributed by atoms with E-state index in [2.05, 4.69) is 0 Å². The Morgan fingerprint density at radius 3 is 2.18 bits per heavy atom. The minimum atomic E-state index is -1.91. The maximum absolute atomic E-state index is 11.0. The molecule has 130 valence electrons. The Morgan fingerprint density at radius 2 is 1.68 bits per heavy atom. The maximum atomic E-state index is 11.0. The molecule has 0 saturated carbocycles. The van der Waals surface area contributed by atoms with Crippen molar-refractivity contribution < 1.29 is 50.0 Å². The lowest BCUT2D eigenvalue weighted by Gasteiger charge is -2.40. The summed E-state index contributed by atoms with van der Waals surface area (Å²) in [6.07, 6.45) is -14.2. The van der Waals surface area contributed by atoms with Crippen LogP contribution >= 0.6 is 0 Å². The van der Waals surface area contributed by atoms with Crippen molar-refractivity contribution >= 4 is 6.29 Å². The fraction of sp³-hybridized carbons (Fsp3) is 0.917. The number of ether oxygens (including phenoxy) is 2. The average Bonchev–Trinajstić information content (AvgIpc) is 2.52. The molecule has 0 spiro atoms. The molecule has 0 radical (unpaired) electrons. The second-order valence-corrected chi connectivity index (χ2v) is 5.15. The largest absolute Gasteiger partial charge is 0.394 e. The number of aliphatic hydroxyl groups is 7. The standard InChI is InChI=1S/C12H22O10/c1-4-7(16)10(19)11(20)12(21-4)22-6(3-14)9(18)8(17)5(15)2-13/h3-13,15-20H,2H2,1H3/t4-,5+,6-,7+,8-,9+,10+,11?,12-/m0/s1. The summed E-state index contributed by atoms with van der Waals surface area (Å²) in [4.78, 5) is 11.0. The molecule has 0 aliphatic carbocycles. The highest BCUT2D eigenvalue weighted by Gasteiger charge is 2.44. The van der Waals surface area contributed by atoms with Crippen molar-refractivity contribution in [1.82, 2.24) is 0 Å². The van der Waals surface area contributed by atoms with E-state index in [-0.39, 0.29) is 6.29 Å². The van der Waals surface area contributed by atoms with Crippen molar-refractivity contribution in [3.05, 3.63) is 0 Å². The van der Waals surface area contributed by atoms with Crippen molar-refractivity contribution in [3.8, 4) is 0 Å².